The zero-order chi connectivity index (χ0) is 14.6. The van der Waals surface area contributed by atoms with E-state index in [2.05, 4.69) is 10.1 Å². The van der Waals surface area contributed by atoms with Crippen LogP contribution in [0.3, 0.4) is 0 Å². The molecule has 21 heavy (non-hydrogen) atoms. The first kappa shape index (κ1) is 18.1. The summed E-state index contributed by atoms with van der Waals surface area (Å²) < 4.78 is 46.4. The van der Waals surface area contributed by atoms with Crippen LogP contribution < -0.4 is 10.1 Å². The maximum Gasteiger partial charge on any atom is 0.573 e. The summed E-state index contributed by atoms with van der Waals surface area (Å²) in [5.74, 6) is 0.124. The molecule has 3 nitrogen and oxygen atoms in total. The quantitative estimate of drug-likeness (QED) is 0.917. The van der Waals surface area contributed by atoms with Gasteiger partial charge in [0, 0.05) is 12.7 Å². The van der Waals surface area contributed by atoms with E-state index < -0.39 is 6.36 Å². The molecule has 1 saturated heterocycles. The molecule has 0 spiro atoms. The maximum atomic E-state index is 12.5. The van der Waals surface area contributed by atoms with Crippen molar-refractivity contribution in [2.75, 3.05) is 20.2 Å². The van der Waals surface area contributed by atoms with E-state index >= 15 is 0 Å². The molecule has 0 bridgehead atoms. The van der Waals surface area contributed by atoms with Crippen LogP contribution in [0.4, 0.5) is 13.2 Å². The minimum Gasteiger partial charge on any atom is -0.405 e. The van der Waals surface area contributed by atoms with Gasteiger partial charge in [0.15, 0.2) is 0 Å². The average Bonchev–Trinajstić information content (AvgIpc) is 2.40. The first-order valence-corrected chi connectivity index (χ1v) is 6.58. The van der Waals surface area contributed by atoms with Gasteiger partial charge in [-0.1, -0.05) is 12.1 Å². The van der Waals surface area contributed by atoms with Crippen LogP contribution in [0.15, 0.2) is 18.2 Å². The van der Waals surface area contributed by atoms with Gasteiger partial charge in [0.2, 0.25) is 0 Å². The summed E-state index contributed by atoms with van der Waals surface area (Å²) in [7, 11) is 1.44. The Balaban J connectivity index is 0.00000220. The molecule has 1 N–H and O–H groups in total. The van der Waals surface area contributed by atoms with E-state index in [-0.39, 0.29) is 30.7 Å². The van der Waals surface area contributed by atoms with E-state index in [1.807, 2.05) is 6.07 Å². The monoisotopic (exact) mass is 325 g/mol. The molecule has 0 amide bonds. The molecule has 0 atom stereocenters. The van der Waals surface area contributed by atoms with E-state index in [1.54, 1.807) is 6.07 Å². The van der Waals surface area contributed by atoms with Gasteiger partial charge >= 0.3 is 6.36 Å². The van der Waals surface area contributed by atoms with Crippen LogP contribution in [0.1, 0.15) is 29.9 Å². The number of hydrogen-bond donors (Lipinski definition) is 1. The average molecular weight is 326 g/mol. The van der Waals surface area contributed by atoms with E-state index in [4.69, 9.17) is 4.74 Å². The van der Waals surface area contributed by atoms with Crippen LogP contribution >= 0.6 is 12.4 Å². The Labute approximate surface area is 128 Å². The third-order valence-electron chi connectivity index (χ3n) is 3.43. The van der Waals surface area contributed by atoms with Crippen molar-refractivity contribution in [3.8, 4) is 5.75 Å². The first-order chi connectivity index (χ1) is 9.49. The predicted octanol–water partition coefficient (Wildman–Crippen LogP) is 3.62. The van der Waals surface area contributed by atoms with Crippen molar-refractivity contribution < 1.29 is 22.6 Å². The molecule has 0 radical (unpaired) electrons. The molecular weight excluding hydrogens is 307 g/mol. The Kier molecular flexibility index (Phi) is 6.77. The second kappa shape index (κ2) is 7.87. The lowest BCUT2D eigenvalue weighted by Crippen LogP contribution is -2.26. The number of rotatable bonds is 4. The Morgan fingerprint density at radius 3 is 2.48 bits per heavy atom. The number of alkyl halides is 3. The highest BCUT2D eigenvalue weighted by Gasteiger charge is 2.32. The van der Waals surface area contributed by atoms with Gasteiger partial charge in [0.25, 0.3) is 0 Å². The second-order valence-corrected chi connectivity index (χ2v) is 4.87. The molecule has 7 heteroatoms. The molecule has 120 valence electrons. The molecule has 0 saturated carbocycles. The summed E-state index contributed by atoms with van der Waals surface area (Å²) in [5, 5.41) is 3.24. The summed E-state index contributed by atoms with van der Waals surface area (Å²) in [6, 6.07) is 5.02. The van der Waals surface area contributed by atoms with Gasteiger partial charge in [0.1, 0.15) is 5.75 Å². The molecule has 2 rings (SSSR count). The van der Waals surface area contributed by atoms with Crippen molar-refractivity contribution in [3.05, 3.63) is 29.3 Å². The van der Waals surface area contributed by atoms with Crippen LogP contribution in [0.5, 0.6) is 5.75 Å². The topological polar surface area (TPSA) is 30.5 Å². The zero-order valence-corrected chi connectivity index (χ0v) is 12.5. The Bertz CT molecular complexity index is 448. The number of nitrogens with one attached hydrogen (secondary N) is 1. The van der Waals surface area contributed by atoms with E-state index in [0.29, 0.717) is 5.56 Å². The number of ether oxygens (including phenoxy) is 2. The van der Waals surface area contributed by atoms with Crippen LogP contribution in [-0.4, -0.2) is 26.6 Å². The molecule has 1 aliphatic rings. The minimum absolute atomic E-state index is 0. The van der Waals surface area contributed by atoms with Crippen molar-refractivity contribution in [2.45, 2.75) is 31.7 Å². The molecule has 0 unspecified atom stereocenters. The number of benzene rings is 1. The summed E-state index contributed by atoms with van der Waals surface area (Å²) >= 11 is 0. The highest BCUT2D eigenvalue weighted by Crippen LogP contribution is 2.33. The maximum absolute atomic E-state index is 12.5. The van der Waals surface area contributed by atoms with Gasteiger partial charge in [-0.3, -0.25) is 0 Å². The largest absolute Gasteiger partial charge is 0.573 e. The standard InChI is InChI=1S/C14H18F3NO2.ClH/c1-19-9-12-3-2-11(10-4-6-18-7-5-10)8-13(12)20-14(15,16)17;/h2-3,8,10,18H,4-7,9H2,1H3;1H. The molecule has 1 aromatic carbocycles. The predicted molar refractivity (Wildman–Crippen MR) is 75.9 cm³/mol. The van der Waals surface area contributed by atoms with Crippen molar-refractivity contribution in [2.24, 2.45) is 0 Å². The van der Waals surface area contributed by atoms with Crippen molar-refractivity contribution in [3.63, 3.8) is 0 Å². The fourth-order valence-corrected chi connectivity index (χ4v) is 2.47. The number of methoxy groups -OCH3 is 1. The lowest BCUT2D eigenvalue weighted by Gasteiger charge is -2.24. The van der Waals surface area contributed by atoms with Gasteiger partial charge in [0.05, 0.1) is 6.61 Å². The van der Waals surface area contributed by atoms with Gasteiger partial charge in [-0.15, -0.1) is 25.6 Å². The molecule has 1 aliphatic heterocycles. The summed E-state index contributed by atoms with van der Waals surface area (Å²) in [6.45, 7) is 1.87. The van der Waals surface area contributed by atoms with Crippen LogP contribution in [0, 0.1) is 0 Å². The highest BCUT2D eigenvalue weighted by molar-refractivity contribution is 5.85. The van der Waals surface area contributed by atoms with Gasteiger partial charge in [-0.2, -0.15) is 0 Å². The molecule has 1 fully saturated rings. The molecule has 1 aromatic rings. The molecule has 0 aliphatic carbocycles. The van der Waals surface area contributed by atoms with Crippen LogP contribution in [-0.2, 0) is 11.3 Å². The third-order valence-corrected chi connectivity index (χ3v) is 3.43. The van der Waals surface area contributed by atoms with Gasteiger partial charge < -0.3 is 14.8 Å². The smallest absolute Gasteiger partial charge is 0.405 e. The first-order valence-electron chi connectivity index (χ1n) is 6.58. The number of halogens is 4. The molecular formula is C14H19ClF3NO2. The van der Waals surface area contributed by atoms with Crippen LogP contribution in [0.2, 0.25) is 0 Å². The van der Waals surface area contributed by atoms with Crippen molar-refractivity contribution in [1.82, 2.24) is 5.32 Å². The lowest BCUT2D eigenvalue weighted by atomic mass is 9.89. The van der Waals surface area contributed by atoms with Gasteiger partial charge in [-0.05, 0) is 43.5 Å². The number of piperidine rings is 1. The number of hydrogen-bond acceptors (Lipinski definition) is 3. The second-order valence-electron chi connectivity index (χ2n) is 4.87. The zero-order valence-electron chi connectivity index (χ0n) is 11.7. The molecule has 1 heterocycles. The summed E-state index contributed by atoms with van der Waals surface area (Å²) in [4.78, 5) is 0. The Morgan fingerprint density at radius 2 is 1.90 bits per heavy atom. The van der Waals surface area contributed by atoms with Crippen LogP contribution in [0.25, 0.3) is 0 Å². The van der Waals surface area contributed by atoms with Crippen molar-refractivity contribution >= 4 is 12.4 Å². The summed E-state index contributed by atoms with van der Waals surface area (Å²) in [6.07, 6.45) is -2.83. The Hall–Kier alpha value is -0.980. The van der Waals surface area contributed by atoms with E-state index in [1.165, 1.54) is 13.2 Å². The highest BCUT2D eigenvalue weighted by atomic mass is 35.5. The van der Waals surface area contributed by atoms with Crippen molar-refractivity contribution in [1.29, 1.82) is 0 Å². The lowest BCUT2D eigenvalue weighted by molar-refractivity contribution is -0.275. The summed E-state index contributed by atoms with van der Waals surface area (Å²) in [5.41, 5.74) is 1.30. The third kappa shape index (κ3) is 5.37. The minimum atomic E-state index is -4.69. The SMILES string of the molecule is COCc1ccc(C2CCNCC2)cc1OC(F)(F)F.Cl. The fourth-order valence-electron chi connectivity index (χ4n) is 2.47. The van der Waals surface area contributed by atoms with E-state index in [9.17, 15) is 13.2 Å². The van der Waals surface area contributed by atoms with E-state index in [0.717, 1.165) is 31.5 Å². The van der Waals surface area contributed by atoms with Gasteiger partial charge in [-0.25, -0.2) is 0 Å². The normalized spacial score (nSPS) is 16.4. The molecule has 0 aromatic heterocycles. The fraction of sp³-hybridized carbons (Fsp3) is 0.571. The Morgan fingerprint density at radius 1 is 1.24 bits per heavy atom.